The summed E-state index contributed by atoms with van der Waals surface area (Å²) >= 11 is 0. The van der Waals surface area contributed by atoms with Crippen molar-refractivity contribution < 1.29 is 13.9 Å². The zero-order valence-corrected chi connectivity index (χ0v) is 11.2. The Morgan fingerprint density at radius 2 is 1.90 bits per heavy atom. The van der Waals surface area contributed by atoms with Gasteiger partial charge in [0.2, 0.25) is 5.91 Å². The van der Waals surface area contributed by atoms with Crippen LogP contribution in [0.2, 0.25) is 0 Å². The van der Waals surface area contributed by atoms with Gasteiger partial charge in [0.25, 0.3) is 0 Å². The number of rotatable bonds is 5. The monoisotopic (exact) mass is 273 g/mol. The molecule has 0 saturated heterocycles. The summed E-state index contributed by atoms with van der Waals surface area (Å²) in [6.07, 6.45) is 0.145. The number of carbonyl (C=O) groups excluding carboxylic acids is 1. The van der Waals surface area contributed by atoms with Gasteiger partial charge in [0, 0.05) is 12.8 Å². The van der Waals surface area contributed by atoms with Crippen molar-refractivity contribution in [3.8, 4) is 0 Å². The number of ether oxygens (including phenoxy) is 1. The number of amides is 1. The summed E-state index contributed by atoms with van der Waals surface area (Å²) in [4.78, 5) is 11.9. The topological polar surface area (TPSA) is 38.3 Å². The highest BCUT2D eigenvalue weighted by Crippen LogP contribution is 2.12. The Morgan fingerprint density at radius 1 is 1.15 bits per heavy atom. The van der Waals surface area contributed by atoms with E-state index in [2.05, 4.69) is 5.32 Å². The number of nitrogens with one attached hydrogen (secondary N) is 1. The number of anilines is 1. The van der Waals surface area contributed by atoms with Crippen LogP contribution in [0.4, 0.5) is 10.1 Å². The quantitative estimate of drug-likeness (QED) is 0.908. The van der Waals surface area contributed by atoms with Crippen molar-refractivity contribution in [2.24, 2.45) is 0 Å². The molecule has 0 bridgehead atoms. The molecule has 0 radical (unpaired) electrons. The summed E-state index contributed by atoms with van der Waals surface area (Å²) in [6.45, 7) is 0.494. The number of hydrogen-bond donors (Lipinski definition) is 1. The Kier molecular flexibility index (Phi) is 4.85. The van der Waals surface area contributed by atoms with E-state index in [1.54, 1.807) is 19.2 Å². The van der Waals surface area contributed by atoms with Crippen molar-refractivity contribution in [3.05, 3.63) is 65.5 Å². The van der Waals surface area contributed by atoms with Crippen molar-refractivity contribution in [2.75, 3.05) is 12.4 Å². The lowest BCUT2D eigenvalue weighted by molar-refractivity contribution is -0.115. The van der Waals surface area contributed by atoms with Crippen molar-refractivity contribution in [1.29, 1.82) is 0 Å². The Bertz CT molecular complexity index is 599. The van der Waals surface area contributed by atoms with E-state index in [4.69, 9.17) is 4.74 Å². The molecule has 0 aromatic heterocycles. The molecule has 1 N–H and O–H groups in total. The maximum absolute atomic E-state index is 13.0. The van der Waals surface area contributed by atoms with Gasteiger partial charge in [-0.25, -0.2) is 4.39 Å². The molecule has 0 spiro atoms. The fourth-order valence-electron chi connectivity index (χ4n) is 1.94. The van der Waals surface area contributed by atoms with Gasteiger partial charge in [-0.05, 0) is 35.4 Å². The van der Waals surface area contributed by atoms with Crippen molar-refractivity contribution in [2.45, 2.75) is 13.0 Å². The van der Waals surface area contributed by atoms with Gasteiger partial charge in [-0.1, -0.05) is 24.3 Å². The van der Waals surface area contributed by atoms with Gasteiger partial charge in [-0.15, -0.1) is 0 Å². The fourth-order valence-corrected chi connectivity index (χ4v) is 1.94. The lowest BCUT2D eigenvalue weighted by Crippen LogP contribution is -2.14. The van der Waals surface area contributed by atoms with Crippen molar-refractivity contribution >= 4 is 11.6 Å². The molecule has 104 valence electrons. The minimum Gasteiger partial charge on any atom is -0.380 e. The van der Waals surface area contributed by atoms with E-state index in [1.807, 2.05) is 24.3 Å². The first-order valence-electron chi connectivity index (χ1n) is 6.29. The standard InChI is InChI=1S/C16H16FNO2/c1-20-11-13-5-3-7-15(9-13)18-16(19)10-12-4-2-6-14(17)8-12/h2-9H,10-11H2,1H3,(H,18,19). The third-order valence-electron chi connectivity index (χ3n) is 2.78. The van der Waals surface area contributed by atoms with E-state index in [0.717, 1.165) is 5.56 Å². The third-order valence-corrected chi connectivity index (χ3v) is 2.78. The van der Waals surface area contributed by atoms with Gasteiger partial charge < -0.3 is 10.1 Å². The predicted molar refractivity (Wildman–Crippen MR) is 75.9 cm³/mol. The molecule has 2 aromatic rings. The summed E-state index contributed by atoms with van der Waals surface area (Å²) in [5.41, 5.74) is 2.34. The molecule has 3 nitrogen and oxygen atoms in total. The number of methoxy groups -OCH3 is 1. The van der Waals surface area contributed by atoms with E-state index in [1.165, 1.54) is 12.1 Å². The van der Waals surface area contributed by atoms with E-state index in [-0.39, 0.29) is 18.1 Å². The minimum atomic E-state index is -0.336. The van der Waals surface area contributed by atoms with E-state index < -0.39 is 0 Å². The summed E-state index contributed by atoms with van der Waals surface area (Å²) in [6, 6.07) is 13.5. The van der Waals surface area contributed by atoms with Crippen molar-refractivity contribution in [3.63, 3.8) is 0 Å². The van der Waals surface area contributed by atoms with Gasteiger partial charge >= 0.3 is 0 Å². The first-order valence-corrected chi connectivity index (χ1v) is 6.29. The molecule has 2 rings (SSSR count). The van der Waals surface area contributed by atoms with Crippen LogP contribution in [-0.2, 0) is 22.6 Å². The first kappa shape index (κ1) is 14.2. The molecule has 0 fully saturated rings. The molecule has 1 amide bonds. The van der Waals surface area contributed by atoms with Crippen LogP contribution in [0.15, 0.2) is 48.5 Å². The second kappa shape index (κ2) is 6.82. The Labute approximate surface area is 117 Å². The van der Waals surface area contributed by atoms with Gasteiger partial charge in [0.05, 0.1) is 13.0 Å². The average molecular weight is 273 g/mol. The second-order valence-electron chi connectivity index (χ2n) is 4.49. The molecular formula is C16H16FNO2. The maximum atomic E-state index is 13.0. The predicted octanol–water partition coefficient (Wildman–Crippen LogP) is 3.15. The number of carbonyl (C=O) groups is 1. The van der Waals surface area contributed by atoms with Crippen LogP contribution >= 0.6 is 0 Å². The average Bonchev–Trinajstić information content (AvgIpc) is 2.39. The Balaban J connectivity index is 1.99. The molecule has 0 aliphatic carbocycles. The third kappa shape index (κ3) is 4.17. The number of halogens is 1. The summed E-state index contributed by atoms with van der Waals surface area (Å²) in [7, 11) is 1.62. The van der Waals surface area contributed by atoms with Crippen LogP contribution in [-0.4, -0.2) is 13.0 Å². The molecule has 4 heteroatoms. The Morgan fingerprint density at radius 3 is 2.65 bits per heavy atom. The molecule has 2 aromatic carbocycles. The van der Waals surface area contributed by atoms with E-state index in [0.29, 0.717) is 17.9 Å². The van der Waals surface area contributed by atoms with Crippen molar-refractivity contribution in [1.82, 2.24) is 0 Å². The lowest BCUT2D eigenvalue weighted by Gasteiger charge is -2.07. The van der Waals surface area contributed by atoms with E-state index in [9.17, 15) is 9.18 Å². The molecular weight excluding hydrogens is 257 g/mol. The molecule has 0 heterocycles. The molecule has 0 atom stereocenters. The summed E-state index contributed by atoms with van der Waals surface area (Å²) < 4.78 is 18.1. The first-order chi connectivity index (χ1) is 9.67. The highest BCUT2D eigenvalue weighted by Gasteiger charge is 2.05. The SMILES string of the molecule is COCc1cccc(NC(=O)Cc2cccc(F)c2)c1. The van der Waals surface area contributed by atoms with Gasteiger partial charge in [0.1, 0.15) is 5.82 Å². The van der Waals surface area contributed by atoms with Crippen LogP contribution in [0.1, 0.15) is 11.1 Å². The normalized spacial score (nSPS) is 10.3. The maximum Gasteiger partial charge on any atom is 0.228 e. The molecule has 20 heavy (non-hydrogen) atoms. The van der Waals surface area contributed by atoms with Crippen LogP contribution in [0, 0.1) is 5.82 Å². The van der Waals surface area contributed by atoms with Gasteiger partial charge in [-0.3, -0.25) is 4.79 Å². The second-order valence-corrected chi connectivity index (χ2v) is 4.49. The van der Waals surface area contributed by atoms with Crippen LogP contribution < -0.4 is 5.32 Å². The number of hydrogen-bond acceptors (Lipinski definition) is 2. The summed E-state index contributed by atoms with van der Waals surface area (Å²) in [5.74, 6) is -0.512. The highest BCUT2D eigenvalue weighted by atomic mass is 19.1. The highest BCUT2D eigenvalue weighted by molar-refractivity contribution is 5.92. The molecule has 0 unspecified atom stereocenters. The lowest BCUT2D eigenvalue weighted by atomic mass is 10.1. The zero-order valence-electron chi connectivity index (χ0n) is 11.2. The number of benzene rings is 2. The Hall–Kier alpha value is -2.20. The minimum absolute atomic E-state index is 0.145. The van der Waals surface area contributed by atoms with E-state index >= 15 is 0 Å². The van der Waals surface area contributed by atoms with Gasteiger partial charge in [0.15, 0.2) is 0 Å². The molecule has 0 aliphatic heterocycles. The molecule has 0 aliphatic rings. The van der Waals surface area contributed by atoms with Crippen LogP contribution in [0.3, 0.4) is 0 Å². The van der Waals surface area contributed by atoms with Crippen LogP contribution in [0.25, 0.3) is 0 Å². The smallest absolute Gasteiger partial charge is 0.228 e. The summed E-state index contributed by atoms with van der Waals surface area (Å²) in [5, 5.41) is 2.79. The zero-order chi connectivity index (χ0) is 14.4. The largest absolute Gasteiger partial charge is 0.380 e. The fraction of sp³-hybridized carbons (Fsp3) is 0.188. The molecule has 0 saturated carbocycles. The van der Waals surface area contributed by atoms with Gasteiger partial charge in [-0.2, -0.15) is 0 Å². The van der Waals surface area contributed by atoms with Crippen LogP contribution in [0.5, 0.6) is 0 Å².